The number of carbonyl (C=O) groups is 1. The van der Waals surface area contributed by atoms with Gasteiger partial charge in [0.05, 0.1) is 0 Å². The fourth-order valence-electron chi connectivity index (χ4n) is 1.07. The Kier molecular flexibility index (Phi) is 1.66. The van der Waals surface area contributed by atoms with E-state index in [0.29, 0.717) is 17.0 Å². The van der Waals surface area contributed by atoms with E-state index in [1.54, 1.807) is 0 Å². The van der Waals surface area contributed by atoms with Crippen molar-refractivity contribution >= 4 is 22.9 Å². The van der Waals surface area contributed by atoms with E-state index in [1.807, 2.05) is 0 Å². The molecule has 6 nitrogen and oxygen atoms in total. The Morgan fingerprint density at radius 3 is 3.23 bits per heavy atom. The number of H-pyrrole nitrogens is 2. The van der Waals surface area contributed by atoms with Crippen molar-refractivity contribution < 1.29 is 9.78 Å². The van der Waals surface area contributed by atoms with Gasteiger partial charge in [0.2, 0.25) is 18.1 Å². The maximum Gasteiger partial charge on any atom is 0.291 e. The summed E-state index contributed by atoms with van der Waals surface area (Å²) in [5.74, 6) is 0.327. The predicted octanol–water partition coefficient (Wildman–Crippen LogP) is -0.270. The lowest BCUT2D eigenvalue weighted by Gasteiger charge is -1.94. The summed E-state index contributed by atoms with van der Waals surface area (Å²) in [5.41, 5.74) is 1.36. The Morgan fingerprint density at radius 1 is 1.62 bits per heavy atom. The van der Waals surface area contributed by atoms with Crippen LogP contribution in [0.1, 0.15) is 6.92 Å². The van der Waals surface area contributed by atoms with Crippen LogP contribution in [0.15, 0.2) is 12.7 Å². The fraction of sp³-hybridized carbons (Fsp3) is 0.143. The quantitative estimate of drug-likeness (QED) is 0.630. The summed E-state index contributed by atoms with van der Waals surface area (Å²) in [6, 6.07) is 0. The van der Waals surface area contributed by atoms with Gasteiger partial charge in [-0.3, -0.25) is 10.1 Å². The van der Waals surface area contributed by atoms with Crippen LogP contribution in [-0.2, 0) is 4.79 Å². The first-order valence-corrected chi connectivity index (χ1v) is 3.75. The van der Waals surface area contributed by atoms with E-state index in [1.165, 1.54) is 19.6 Å². The first-order chi connectivity index (χ1) is 6.27. The summed E-state index contributed by atoms with van der Waals surface area (Å²) in [7, 11) is 0. The first-order valence-electron chi connectivity index (χ1n) is 3.75. The third-order valence-corrected chi connectivity index (χ3v) is 1.57. The number of aromatic amines is 2. The van der Waals surface area contributed by atoms with Gasteiger partial charge in [0.1, 0.15) is 0 Å². The fourth-order valence-corrected chi connectivity index (χ4v) is 1.07. The molecule has 0 spiro atoms. The van der Waals surface area contributed by atoms with E-state index in [9.17, 15) is 4.79 Å². The summed E-state index contributed by atoms with van der Waals surface area (Å²) < 4.78 is 0. The average molecular weight is 178 g/mol. The van der Waals surface area contributed by atoms with Crippen molar-refractivity contribution in [3.63, 3.8) is 0 Å². The molecule has 0 fully saturated rings. The van der Waals surface area contributed by atoms with Crippen LogP contribution in [0.3, 0.4) is 0 Å². The molecule has 0 aromatic carbocycles. The summed E-state index contributed by atoms with van der Waals surface area (Å²) in [6.07, 6.45) is 3.02. The number of nitrogens with zero attached hydrogens (tertiary/aromatic N) is 2. The van der Waals surface area contributed by atoms with Gasteiger partial charge in [-0.05, 0) is 0 Å². The van der Waals surface area contributed by atoms with Crippen molar-refractivity contribution in [2.24, 2.45) is 0 Å². The second-order valence-corrected chi connectivity index (χ2v) is 2.56. The molecule has 0 bridgehead atoms. The van der Waals surface area contributed by atoms with Crippen LogP contribution in [0.25, 0.3) is 11.2 Å². The standard InChI is InChI=1S/C7H7N5O/c1-4(13)12-7-5-6(9-2-8-5)10-3-11-7/h2-3H,1H3,(H2,8,9,10,11,12,13)/p+1. The number of nitrogens with one attached hydrogen (secondary N) is 3. The van der Waals surface area contributed by atoms with Gasteiger partial charge in [-0.1, -0.05) is 9.97 Å². The minimum atomic E-state index is -0.158. The first kappa shape index (κ1) is 7.66. The lowest BCUT2D eigenvalue weighted by Crippen LogP contribution is -2.12. The van der Waals surface area contributed by atoms with Gasteiger partial charge in [-0.25, -0.2) is 4.98 Å². The van der Waals surface area contributed by atoms with Gasteiger partial charge in [-0.2, -0.15) is 0 Å². The summed E-state index contributed by atoms with van der Waals surface area (Å²) in [6.45, 7) is 1.43. The SMILES string of the molecule is CC(=O)Nc1nc[nH+]c2nc[nH]c12. The lowest BCUT2D eigenvalue weighted by molar-refractivity contribution is -0.352. The third-order valence-electron chi connectivity index (χ3n) is 1.57. The molecule has 1 amide bonds. The number of carbonyl (C=O) groups excluding carboxylic acids is 1. The molecular formula is C7H8N5O+. The van der Waals surface area contributed by atoms with Crippen molar-refractivity contribution in [3.8, 4) is 0 Å². The topological polar surface area (TPSA) is 84.8 Å². The molecule has 0 saturated carbocycles. The second kappa shape index (κ2) is 2.81. The molecule has 2 rings (SSSR count). The largest absolute Gasteiger partial charge is 0.323 e. The van der Waals surface area contributed by atoms with Gasteiger partial charge in [0.25, 0.3) is 5.65 Å². The van der Waals surface area contributed by atoms with Crippen molar-refractivity contribution in [2.45, 2.75) is 6.92 Å². The second-order valence-electron chi connectivity index (χ2n) is 2.56. The molecule has 2 heterocycles. The van der Waals surface area contributed by atoms with Crippen LogP contribution in [-0.4, -0.2) is 20.9 Å². The zero-order valence-corrected chi connectivity index (χ0v) is 6.96. The maximum atomic E-state index is 10.8. The molecule has 0 unspecified atom stereocenters. The van der Waals surface area contributed by atoms with Gasteiger partial charge in [0, 0.05) is 6.92 Å². The molecule has 66 valence electrons. The van der Waals surface area contributed by atoms with Crippen molar-refractivity contribution in [3.05, 3.63) is 12.7 Å². The molecule has 13 heavy (non-hydrogen) atoms. The van der Waals surface area contributed by atoms with Crippen LogP contribution < -0.4 is 10.3 Å². The van der Waals surface area contributed by atoms with Crippen LogP contribution in [0.5, 0.6) is 0 Å². The van der Waals surface area contributed by atoms with Gasteiger partial charge >= 0.3 is 0 Å². The highest BCUT2D eigenvalue weighted by Crippen LogP contribution is 2.11. The smallest absolute Gasteiger partial charge is 0.291 e. The Hall–Kier alpha value is -1.98. The number of anilines is 1. The third kappa shape index (κ3) is 1.33. The summed E-state index contributed by atoms with van der Waals surface area (Å²) in [5, 5.41) is 2.59. The number of aromatic nitrogens is 4. The lowest BCUT2D eigenvalue weighted by atomic mass is 10.5. The van der Waals surface area contributed by atoms with E-state index in [-0.39, 0.29) is 5.91 Å². The van der Waals surface area contributed by atoms with E-state index in [4.69, 9.17) is 0 Å². The van der Waals surface area contributed by atoms with E-state index < -0.39 is 0 Å². The number of hydrogen-bond donors (Lipinski definition) is 2. The molecule has 3 N–H and O–H groups in total. The molecule has 0 aliphatic heterocycles. The molecule has 6 heteroatoms. The Balaban J connectivity index is 2.54. The number of fused-ring (bicyclic) bond motifs is 1. The normalized spacial score (nSPS) is 10.2. The van der Waals surface area contributed by atoms with Gasteiger partial charge in [-0.15, -0.1) is 0 Å². The van der Waals surface area contributed by atoms with Crippen LogP contribution in [0, 0.1) is 0 Å². The number of rotatable bonds is 1. The van der Waals surface area contributed by atoms with Crippen LogP contribution >= 0.6 is 0 Å². The summed E-state index contributed by atoms with van der Waals surface area (Å²) in [4.78, 5) is 24.4. The molecule has 0 aliphatic rings. The number of amides is 1. The van der Waals surface area contributed by atoms with Crippen molar-refractivity contribution in [1.82, 2.24) is 15.0 Å². The predicted molar refractivity (Wildman–Crippen MR) is 44.7 cm³/mol. The number of hydrogen-bond acceptors (Lipinski definition) is 3. The number of imidazole rings is 1. The molecule has 0 radical (unpaired) electrons. The molecule has 0 atom stereocenters. The van der Waals surface area contributed by atoms with Crippen LogP contribution in [0.2, 0.25) is 0 Å². The molecule has 0 aliphatic carbocycles. The van der Waals surface area contributed by atoms with Gasteiger partial charge < -0.3 is 4.98 Å². The minimum Gasteiger partial charge on any atom is -0.323 e. The van der Waals surface area contributed by atoms with E-state index >= 15 is 0 Å². The van der Waals surface area contributed by atoms with Crippen molar-refractivity contribution in [1.29, 1.82) is 0 Å². The van der Waals surface area contributed by atoms with E-state index in [2.05, 4.69) is 25.3 Å². The molecule has 0 saturated heterocycles. The highest BCUT2D eigenvalue weighted by atomic mass is 16.1. The molecule has 2 aromatic rings. The Bertz CT molecular complexity index is 449. The van der Waals surface area contributed by atoms with Gasteiger partial charge in [0.15, 0.2) is 11.8 Å². The molecular weight excluding hydrogens is 170 g/mol. The highest BCUT2D eigenvalue weighted by Gasteiger charge is 2.11. The molecule has 2 aromatic heterocycles. The summed E-state index contributed by atoms with van der Waals surface area (Å²) >= 11 is 0. The zero-order chi connectivity index (χ0) is 9.26. The average Bonchev–Trinajstić information content (AvgIpc) is 2.51. The zero-order valence-electron chi connectivity index (χ0n) is 6.96. The van der Waals surface area contributed by atoms with Crippen molar-refractivity contribution in [2.75, 3.05) is 5.32 Å². The Morgan fingerprint density at radius 2 is 2.46 bits per heavy atom. The van der Waals surface area contributed by atoms with Crippen LogP contribution in [0.4, 0.5) is 5.82 Å². The minimum absolute atomic E-state index is 0.158. The Labute approximate surface area is 73.4 Å². The maximum absolute atomic E-state index is 10.8. The highest BCUT2D eigenvalue weighted by molar-refractivity contribution is 5.94. The van der Waals surface area contributed by atoms with E-state index in [0.717, 1.165) is 0 Å². The monoisotopic (exact) mass is 178 g/mol.